The number of ether oxygens (including phenoxy) is 1. The van der Waals surface area contributed by atoms with Gasteiger partial charge in [-0.05, 0) is 56.3 Å². The summed E-state index contributed by atoms with van der Waals surface area (Å²) < 4.78 is 7.43. The third kappa shape index (κ3) is 2.99. The van der Waals surface area contributed by atoms with Crippen LogP contribution in [-0.4, -0.2) is 39.9 Å². The summed E-state index contributed by atoms with van der Waals surface area (Å²) in [6, 6.07) is 12.4. The Morgan fingerprint density at radius 3 is 2.61 bits per heavy atom. The van der Waals surface area contributed by atoms with Crippen LogP contribution in [0.5, 0.6) is 5.75 Å². The Balaban J connectivity index is 1.57. The summed E-state index contributed by atoms with van der Waals surface area (Å²) >= 11 is 0. The van der Waals surface area contributed by atoms with Gasteiger partial charge in [0.15, 0.2) is 0 Å². The molecule has 0 atom stereocenters. The van der Waals surface area contributed by atoms with E-state index >= 15 is 0 Å². The van der Waals surface area contributed by atoms with E-state index in [1.54, 1.807) is 7.11 Å². The molecule has 1 aliphatic heterocycles. The van der Waals surface area contributed by atoms with Gasteiger partial charge in [0.05, 0.1) is 29.4 Å². The second kappa shape index (κ2) is 6.87. The van der Waals surface area contributed by atoms with Gasteiger partial charge in [0.25, 0.3) is 0 Å². The second-order valence-corrected chi connectivity index (χ2v) is 7.41. The first-order valence-corrected chi connectivity index (χ1v) is 9.71. The zero-order chi connectivity index (χ0) is 19.1. The predicted molar refractivity (Wildman–Crippen MR) is 111 cm³/mol. The van der Waals surface area contributed by atoms with Crippen molar-refractivity contribution in [2.45, 2.75) is 18.8 Å². The first kappa shape index (κ1) is 17.1. The van der Waals surface area contributed by atoms with Crippen molar-refractivity contribution < 1.29 is 4.74 Å². The fraction of sp³-hybridized carbons (Fsp3) is 0.318. The number of nitrogens with zero attached hydrogens (tertiary/aromatic N) is 4. The van der Waals surface area contributed by atoms with Crippen LogP contribution < -0.4 is 10.1 Å². The standard InChI is InChI=1S/C22H23N5O/c1-27-13-15-11-16(22(28-2)12-21(15)26-27)18-4-6-19-20(25-18)5-3-17(24-19)14-7-9-23-10-8-14/h3-6,11-14,23H,7-10H2,1-2H3. The van der Waals surface area contributed by atoms with Gasteiger partial charge in [0.2, 0.25) is 0 Å². The van der Waals surface area contributed by atoms with Crippen LogP contribution in [0, 0.1) is 0 Å². The number of piperidine rings is 1. The molecule has 4 heterocycles. The Kier molecular flexibility index (Phi) is 4.20. The molecule has 142 valence electrons. The number of aromatic nitrogens is 4. The van der Waals surface area contributed by atoms with Gasteiger partial charge < -0.3 is 10.1 Å². The van der Waals surface area contributed by atoms with Gasteiger partial charge >= 0.3 is 0 Å². The Morgan fingerprint density at radius 1 is 1.00 bits per heavy atom. The van der Waals surface area contributed by atoms with Crippen LogP contribution in [0.3, 0.4) is 0 Å². The zero-order valence-electron chi connectivity index (χ0n) is 16.1. The highest BCUT2D eigenvalue weighted by molar-refractivity contribution is 5.88. The summed E-state index contributed by atoms with van der Waals surface area (Å²) in [6.07, 6.45) is 4.30. The maximum absolute atomic E-state index is 5.62. The molecular weight excluding hydrogens is 350 g/mol. The summed E-state index contributed by atoms with van der Waals surface area (Å²) in [5, 5.41) is 8.95. The van der Waals surface area contributed by atoms with E-state index in [1.165, 1.54) is 5.69 Å². The lowest BCUT2D eigenvalue weighted by atomic mass is 9.94. The molecule has 5 rings (SSSR count). The van der Waals surface area contributed by atoms with E-state index in [2.05, 4.69) is 34.7 Å². The molecule has 1 saturated heterocycles. The summed E-state index contributed by atoms with van der Waals surface area (Å²) in [7, 11) is 3.60. The normalized spacial score (nSPS) is 15.4. The van der Waals surface area contributed by atoms with E-state index in [9.17, 15) is 0 Å². The quantitative estimate of drug-likeness (QED) is 0.594. The van der Waals surface area contributed by atoms with E-state index in [4.69, 9.17) is 14.7 Å². The molecular formula is C22H23N5O. The highest BCUT2D eigenvalue weighted by atomic mass is 16.5. The number of nitrogens with one attached hydrogen (secondary N) is 1. The van der Waals surface area contributed by atoms with Crippen LogP contribution in [0.25, 0.3) is 33.2 Å². The lowest BCUT2D eigenvalue weighted by Crippen LogP contribution is -2.27. The Morgan fingerprint density at radius 2 is 1.79 bits per heavy atom. The van der Waals surface area contributed by atoms with Crippen LogP contribution in [0.15, 0.2) is 42.6 Å². The van der Waals surface area contributed by atoms with Crippen molar-refractivity contribution in [3.05, 3.63) is 48.3 Å². The molecule has 4 aromatic rings. The Hall–Kier alpha value is -2.99. The number of hydrogen-bond acceptors (Lipinski definition) is 5. The molecule has 1 aliphatic rings. The number of rotatable bonds is 3. The van der Waals surface area contributed by atoms with Gasteiger partial charge in [-0.15, -0.1) is 0 Å². The minimum absolute atomic E-state index is 0.540. The Bertz CT molecular complexity index is 1160. The number of hydrogen-bond donors (Lipinski definition) is 1. The van der Waals surface area contributed by atoms with E-state index in [1.807, 2.05) is 30.1 Å². The molecule has 6 heteroatoms. The highest BCUT2D eigenvalue weighted by Gasteiger charge is 2.17. The fourth-order valence-electron chi connectivity index (χ4n) is 4.07. The molecule has 0 unspecified atom stereocenters. The summed E-state index contributed by atoms with van der Waals surface area (Å²) in [5.74, 6) is 1.32. The van der Waals surface area contributed by atoms with Gasteiger partial charge in [0.1, 0.15) is 5.75 Å². The van der Waals surface area contributed by atoms with Gasteiger partial charge in [0, 0.05) is 41.9 Å². The molecule has 3 aromatic heterocycles. The first-order chi connectivity index (χ1) is 13.7. The van der Waals surface area contributed by atoms with Crippen LogP contribution in [-0.2, 0) is 7.05 Å². The smallest absolute Gasteiger partial charge is 0.130 e. The molecule has 0 radical (unpaired) electrons. The van der Waals surface area contributed by atoms with E-state index in [0.29, 0.717) is 5.92 Å². The minimum Gasteiger partial charge on any atom is -0.496 e. The van der Waals surface area contributed by atoms with Crippen LogP contribution in [0.2, 0.25) is 0 Å². The van der Waals surface area contributed by atoms with Crippen LogP contribution in [0.4, 0.5) is 0 Å². The zero-order valence-corrected chi connectivity index (χ0v) is 16.1. The van der Waals surface area contributed by atoms with E-state index < -0.39 is 0 Å². The summed E-state index contributed by atoms with van der Waals surface area (Å²) in [4.78, 5) is 9.77. The largest absolute Gasteiger partial charge is 0.496 e. The van der Waals surface area contributed by atoms with Crippen molar-refractivity contribution in [2.24, 2.45) is 7.05 Å². The van der Waals surface area contributed by atoms with Crippen LogP contribution in [0.1, 0.15) is 24.5 Å². The second-order valence-electron chi connectivity index (χ2n) is 7.41. The number of aryl methyl sites for hydroxylation is 1. The molecule has 6 nitrogen and oxygen atoms in total. The first-order valence-electron chi connectivity index (χ1n) is 9.71. The van der Waals surface area contributed by atoms with E-state index in [-0.39, 0.29) is 0 Å². The van der Waals surface area contributed by atoms with Crippen molar-refractivity contribution in [1.29, 1.82) is 0 Å². The van der Waals surface area contributed by atoms with Crippen LogP contribution >= 0.6 is 0 Å². The van der Waals surface area contributed by atoms with Gasteiger partial charge in [-0.25, -0.2) is 4.98 Å². The minimum atomic E-state index is 0.540. The lowest BCUT2D eigenvalue weighted by molar-refractivity contribution is 0.417. The third-order valence-corrected chi connectivity index (χ3v) is 5.54. The van der Waals surface area contributed by atoms with Gasteiger partial charge in [-0.2, -0.15) is 5.10 Å². The summed E-state index contributed by atoms with van der Waals surface area (Å²) in [5.41, 5.74) is 5.79. The van der Waals surface area contributed by atoms with Crippen molar-refractivity contribution >= 4 is 21.9 Å². The van der Waals surface area contributed by atoms with Gasteiger partial charge in [-0.1, -0.05) is 0 Å². The van der Waals surface area contributed by atoms with Crippen molar-refractivity contribution in [2.75, 3.05) is 20.2 Å². The SMILES string of the molecule is COc1cc2nn(C)cc2cc1-c1ccc2nc(C3CCNCC3)ccc2n1. The molecule has 0 bridgehead atoms. The van der Waals surface area contributed by atoms with Gasteiger partial charge in [-0.3, -0.25) is 9.67 Å². The van der Waals surface area contributed by atoms with Crippen molar-refractivity contribution in [3.63, 3.8) is 0 Å². The molecule has 1 fully saturated rings. The van der Waals surface area contributed by atoms with Crippen molar-refractivity contribution in [1.82, 2.24) is 25.1 Å². The fourth-order valence-corrected chi connectivity index (χ4v) is 4.07. The number of benzene rings is 1. The highest BCUT2D eigenvalue weighted by Crippen LogP contribution is 2.34. The topological polar surface area (TPSA) is 64.9 Å². The predicted octanol–water partition coefficient (Wildman–Crippen LogP) is 3.66. The monoisotopic (exact) mass is 373 g/mol. The number of fused-ring (bicyclic) bond motifs is 2. The number of pyridine rings is 2. The molecule has 0 saturated carbocycles. The maximum atomic E-state index is 5.62. The molecule has 1 N–H and O–H groups in total. The average molecular weight is 373 g/mol. The molecule has 0 amide bonds. The maximum Gasteiger partial charge on any atom is 0.130 e. The Labute approximate surface area is 163 Å². The molecule has 28 heavy (non-hydrogen) atoms. The molecule has 0 aliphatic carbocycles. The van der Waals surface area contributed by atoms with Crippen molar-refractivity contribution in [3.8, 4) is 17.0 Å². The van der Waals surface area contributed by atoms with E-state index in [0.717, 1.165) is 64.9 Å². The summed E-state index contributed by atoms with van der Waals surface area (Å²) in [6.45, 7) is 2.14. The third-order valence-electron chi connectivity index (χ3n) is 5.54. The number of methoxy groups -OCH3 is 1. The molecule has 1 aromatic carbocycles. The lowest BCUT2D eigenvalue weighted by Gasteiger charge is -2.22. The average Bonchev–Trinajstić information content (AvgIpc) is 3.11. The molecule has 0 spiro atoms.